The van der Waals surface area contributed by atoms with Gasteiger partial charge in [-0.3, -0.25) is 4.98 Å². The molecule has 0 aliphatic heterocycles. The highest BCUT2D eigenvalue weighted by molar-refractivity contribution is 7.89. The number of halogens is 1. The molecule has 0 saturated heterocycles. The third kappa shape index (κ3) is 5.64. The molecule has 2 aromatic carbocycles. The molecule has 0 aliphatic rings. The van der Waals surface area contributed by atoms with Gasteiger partial charge in [-0.25, -0.2) is 17.9 Å². The average Bonchev–Trinajstić information content (AvgIpc) is 3.17. The maximum Gasteiger partial charge on any atom is 0.335 e. The van der Waals surface area contributed by atoms with E-state index in [1.807, 2.05) is 30.6 Å². The van der Waals surface area contributed by atoms with Gasteiger partial charge in [0.15, 0.2) is 0 Å². The molecule has 4 rings (SSSR count). The van der Waals surface area contributed by atoms with Crippen molar-refractivity contribution in [3.05, 3.63) is 94.9 Å². The monoisotopic (exact) mass is 497 g/mol. The summed E-state index contributed by atoms with van der Waals surface area (Å²) in [6, 6.07) is 15.0. The van der Waals surface area contributed by atoms with Crippen LogP contribution >= 0.6 is 11.6 Å². The number of carboxylic acid groups (broad SMARTS) is 1. The second-order valence-corrected chi connectivity index (χ2v) is 10.2. The third-order valence-corrected chi connectivity index (χ3v) is 7.34. The lowest BCUT2D eigenvalue weighted by Gasteiger charge is -2.06. The Hall–Kier alpha value is -3.20. The summed E-state index contributed by atoms with van der Waals surface area (Å²) in [7, 11) is -3.68. The standard InChI is InChI=1S/C25H24ClN3O4S/c26-21-6-8-22(9-7-21)34(32,33)28-13-11-20-17-29(14-2-4-18-3-1-12-27-16-18)24-10-5-19(25(30)31)15-23(20)24/h1,3,5-10,12,15-17,28H,2,4,11,13-14H2,(H,30,31). The Kier molecular flexibility index (Phi) is 7.31. The van der Waals surface area contributed by atoms with Crippen LogP contribution in [-0.2, 0) is 29.4 Å². The van der Waals surface area contributed by atoms with Gasteiger partial charge in [-0.2, -0.15) is 0 Å². The number of benzene rings is 2. The topological polar surface area (TPSA) is 101 Å². The van der Waals surface area contributed by atoms with Gasteiger partial charge in [-0.15, -0.1) is 0 Å². The summed E-state index contributed by atoms with van der Waals surface area (Å²) in [5.74, 6) is -0.999. The van der Waals surface area contributed by atoms with Crippen LogP contribution in [0.5, 0.6) is 0 Å². The van der Waals surface area contributed by atoms with E-state index in [0.29, 0.717) is 11.4 Å². The zero-order valence-electron chi connectivity index (χ0n) is 18.3. The van der Waals surface area contributed by atoms with Crippen molar-refractivity contribution in [2.24, 2.45) is 0 Å². The minimum Gasteiger partial charge on any atom is -0.478 e. The van der Waals surface area contributed by atoms with Crippen molar-refractivity contribution in [2.75, 3.05) is 6.54 Å². The molecule has 176 valence electrons. The van der Waals surface area contributed by atoms with E-state index < -0.39 is 16.0 Å². The molecule has 4 aromatic rings. The number of rotatable bonds is 10. The number of hydrogen-bond acceptors (Lipinski definition) is 4. The lowest BCUT2D eigenvalue weighted by molar-refractivity contribution is 0.0697. The van der Waals surface area contributed by atoms with Crippen molar-refractivity contribution in [3.63, 3.8) is 0 Å². The van der Waals surface area contributed by atoms with Gasteiger partial charge in [0.25, 0.3) is 0 Å². The second kappa shape index (κ2) is 10.4. The van der Waals surface area contributed by atoms with E-state index in [9.17, 15) is 18.3 Å². The molecule has 2 heterocycles. The number of hydrogen-bond donors (Lipinski definition) is 2. The Morgan fingerprint density at radius 1 is 1.09 bits per heavy atom. The number of fused-ring (bicyclic) bond motifs is 1. The summed E-state index contributed by atoms with van der Waals surface area (Å²) >= 11 is 5.85. The largest absolute Gasteiger partial charge is 0.478 e. The average molecular weight is 498 g/mol. The fourth-order valence-corrected chi connectivity index (χ4v) is 5.06. The van der Waals surface area contributed by atoms with Crippen molar-refractivity contribution in [3.8, 4) is 0 Å². The molecular formula is C25H24ClN3O4S. The fraction of sp³-hybridized carbons (Fsp3) is 0.200. The van der Waals surface area contributed by atoms with Crippen LogP contribution in [0.15, 0.2) is 78.1 Å². The van der Waals surface area contributed by atoms with E-state index in [-0.39, 0.29) is 17.0 Å². The quantitative estimate of drug-likeness (QED) is 0.335. The molecule has 0 spiro atoms. The lowest BCUT2D eigenvalue weighted by atomic mass is 10.1. The van der Waals surface area contributed by atoms with E-state index in [1.54, 1.807) is 18.3 Å². The van der Waals surface area contributed by atoms with E-state index in [4.69, 9.17) is 11.6 Å². The number of pyridine rings is 1. The molecule has 0 fully saturated rings. The number of nitrogens with one attached hydrogen (secondary N) is 1. The summed E-state index contributed by atoms with van der Waals surface area (Å²) in [6.07, 6.45) is 7.76. The van der Waals surface area contributed by atoms with Crippen LogP contribution in [0.2, 0.25) is 5.02 Å². The molecule has 0 unspecified atom stereocenters. The minimum absolute atomic E-state index is 0.142. The molecule has 9 heteroatoms. The van der Waals surface area contributed by atoms with Crippen LogP contribution in [-0.4, -0.2) is 35.6 Å². The van der Waals surface area contributed by atoms with Crippen molar-refractivity contribution >= 4 is 38.5 Å². The SMILES string of the molecule is O=C(O)c1ccc2c(c1)c(CCNS(=O)(=O)c1ccc(Cl)cc1)cn2CCCc1cccnc1. The van der Waals surface area contributed by atoms with E-state index in [0.717, 1.165) is 41.4 Å². The maximum atomic E-state index is 12.6. The summed E-state index contributed by atoms with van der Waals surface area (Å²) < 4.78 is 29.9. The highest BCUT2D eigenvalue weighted by atomic mass is 35.5. The van der Waals surface area contributed by atoms with Gasteiger partial charge in [0.1, 0.15) is 0 Å². The third-order valence-electron chi connectivity index (χ3n) is 5.61. The molecular weight excluding hydrogens is 474 g/mol. The smallest absolute Gasteiger partial charge is 0.335 e. The van der Waals surface area contributed by atoms with Gasteiger partial charge < -0.3 is 9.67 Å². The number of carbonyl (C=O) groups is 1. The van der Waals surface area contributed by atoms with Gasteiger partial charge in [0.05, 0.1) is 10.5 Å². The molecule has 0 radical (unpaired) electrons. The molecule has 0 saturated carbocycles. The Labute approximate surface area is 203 Å². The molecule has 0 amide bonds. The van der Waals surface area contributed by atoms with Gasteiger partial charge in [0.2, 0.25) is 10.0 Å². The Balaban J connectivity index is 1.51. The Bertz CT molecular complexity index is 1400. The number of aromatic carboxylic acids is 1. The number of aromatic nitrogens is 2. The zero-order chi connectivity index (χ0) is 24.1. The lowest BCUT2D eigenvalue weighted by Crippen LogP contribution is -2.25. The molecule has 2 N–H and O–H groups in total. The summed E-state index contributed by atoms with van der Waals surface area (Å²) in [5, 5.41) is 10.7. The minimum atomic E-state index is -3.68. The highest BCUT2D eigenvalue weighted by Crippen LogP contribution is 2.24. The van der Waals surface area contributed by atoms with E-state index in [2.05, 4.69) is 14.3 Å². The number of nitrogens with zero attached hydrogens (tertiary/aromatic N) is 2. The normalized spacial score (nSPS) is 11.7. The molecule has 0 bridgehead atoms. The first-order valence-corrected chi connectivity index (χ1v) is 12.7. The van der Waals surface area contributed by atoms with Crippen LogP contribution in [0.1, 0.15) is 27.9 Å². The van der Waals surface area contributed by atoms with Crippen LogP contribution in [0, 0.1) is 0 Å². The summed E-state index contributed by atoms with van der Waals surface area (Å²) in [4.78, 5) is 15.8. The predicted molar refractivity (Wildman–Crippen MR) is 132 cm³/mol. The summed E-state index contributed by atoms with van der Waals surface area (Å²) in [6.45, 7) is 0.922. The first-order chi connectivity index (χ1) is 16.3. The van der Waals surface area contributed by atoms with E-state index in [1.165, 1.54) is 24.3 Å². The number of carboxylic acids is 1. The van der Waals surface area contributed by atoms with Crippen LogP contribution < -0.4 is 4.72 Å². The Morgan fingerprint density at radius 2 is 1.88 bits per heavy atom. The van der Waals surface area contributed by atoms with Gasteiger partial charge >= 0.3 is 5.97 Å². The van der Waals surface area contributed by atoms with E-state index >= 15 is 0 Å². The molecule has 0 aliphatic carbocycles. The van der Waals surface area contributed by atoms with Crippen molar-refractivity contribution < 1.29 is 18.3 Å². The van der Waals surface area contributed by atoms with Crippen molar-refractivity contribution in [2.45, 2.75) is 30.7 Å². The molecule has 7 nitrogen and oxygen atoms in total. The molecule has 2 aromatic heterocycles. The molecule has 34 heavy (non-hydrogen) atoms. The summed E-state index contributed by atoms with van der Waals surface area (Å²) in [5.41, 5.74) is 3.16. The first kappa shape index (κ1) is 23.9. The second-order valence-electron chi connectivity index (χ2n) is 7.95. The van der Waals surface area contributed by atoms with Crippen molar-refractivity contribution in [1.82, 2.24) is 14.3 Å². The maximum absolute atomic E-state index is 12.6. The number of sulfonamides is 1. The van der Waals surface area contributed by atoms with Crippen LogP contribution in [0.3, 0.4) is 0 Å². The zero-order valence-corrected chi connectivity index (χ0v) is 19.9. The Morgan fingerprint density at radius 3 is 2.59 bits per heavy atom. The fourth-order valence-electron chi connectivity index (χ4n) is 3.90. The van der Waals surface area contributed by atoms with Gasteiger partial charge in [-0.05, 0) is 78.9 Å². The van der Waals surface area contributed by atoms with Crippen LogP contribution in [0.4, 0.5) is 0 Å². The predicted octanol–water partition coefficient (Wildman–Crippen LogP) is 4.54. The highest BCUT2D eigenvalue weighted by Gasteiger charge is 2.16. The van der Waals surface area contributed by atoms with Crippen LogP contribution in [0.25, 0.3) is 10.9 Å². The van der Waals surface area contributed by atoms with Gasteiger partial charge in [0, 0.05) is 47.6 Å². The van der Waals surface area contributed by atoms with Crippen molar-refractivity contribution in [1.29, 1.82) is 0 Å². The van der Waals surface area contributed by atoms with Gasteiger partial charge in [-0.1, -0.05) is 17.7 Å². The number of aryl methyl sites for hydroxylation is 2. The molecule has 0 atom stereocenters. The first-order valence-electron chi connectivity index (χ1n) is 10.8.